The third kappa shape index (κ3) is 4.59. The van der Waals surface area contributed by atoms with Crippen molar-refractivity contribution in [3.8, 4) is 0 Å². The second-order valence-corrected chi connectivity index (χ2v) is 6.46. The van der Waals surface area contributed by atoms with Gasteiger partial charge in [-0.2, -0.15) is 0 Å². The fraction of sp³-hybridized carbons (Fsp3) is 0.600. The van der Waals surface area contributed by atoms with Crippen molar-refractivity contribution in [1.82, 2.24) is 0 Å². The average Bonchev–Trinajstić information content (AvgIpc) is 2.75. The zero-order valence-corrected chi connectivity index (χ0v) is 14.8. The van der Waals surface area contributed by atoms with Crippen molar-refractivity contribution in [3.63, 3.8) is 0 Å². The van der Waals surface area contributed by atoms with E-state index in [1.807, 2.05) is 13.0 Å². The van der Waals surface area contributed by atoms with Gasteiger partial charge in [0.1, 0.15) is 0 Å². The molecule has 1 atom stereocenters. The SMILES string of the molecule is CCOC(=O)CCCC1(C(=O)OCC)CCCc2ccccc2C1. The molecule has 132 valence electrons. The second-order valence-electron chi connectivity index (χ2n) is 6.46. The molecule has 0 saturated carbocycles. The molecule has 0 saturated heterocycles. The van der Waals surface area contributed by atoms with Crippen LogP contribution in [0.1, 0.15) is 57.1 Å². The van der Waals surface area contributed by atoms with Crippen LogP contribution in [0.15, 0.2) is 24.3 Å². The lowest BCUT2D eigenvalue weighted by molar-refractivity contribution is -0.157. The van der Waals surface area contributed by atoms with Gasteiger partial charge in [0.25, 0.3) is 0 Å². The Morgan fingerprint density at radius 3 is 2.50 bits per heavy atom. The van der Waals surface area contributed by atoms with E-state index in [0.717, 1.165) is 19.3 Å². The number of aryl methyl sites for hydroxylation is 1. The summed E-state index contributed by atoms with van der Waals surface area (Å²) in [5.41, 5.74) is 2.04. The Labute approximate surface area is 144 Å². The summed E-state index contributed by atoms with van der Waals surface area (Å²) in [5, 5.41) is 0. The number of hydrogen-bond donors (Lipinski definition) is 0. The van der Waals surface area contributed by atoms with Gasteiger partial charge in [0.2, 0.25) is 0 Å². The lowest BCUT2D eigenvalue weighted by Gasteiger charge is -2.30. The molecule has 4 nitrogen and oxygen atoms in total. The zero-order valence-electron chi connectivity index (χ0n) is 14.8. The van der Waals surface area contributed by atoms with E-state index in [-0.39, 0.29) is 11.9 Å². The van der Waals surface area contributed by atoms with E-state index in [1.165, 1.54) is 11.1 Å². The van der Waals surface area contributed by atoms with Gasteiger partial charge < -0.3 is 9.47 Å². The summed E-state index contributed by atoms with van der Waals surface area (Å²) in [4.78, 5) is 24.4. The molecule has 0 N–H and O–H groups in total. The Bertz CT molecular complexity index is 567. The molecule has 0 fully saturated rings. The zero-order chi connectivity index (χ0) is 17.4. The Balaban J connectivity index is 2.15. The van der Waals surface area contributed by atoms with Crippen LogP contribution in [-0.4, -0.2) is 25.2 Å². The van der Waals surface area contributed by atoms with Gasteiger partial charge in [-0.05, 0) is 63.5 Å². The maximum Gasteiger partial charge on any atom is 0.312 e. The van der Waals surface area contributed by atoms with E-state index >= 15 is 0 Å². The van der Waals surface area contributed by atoms with Crippen molar-refractivity contribution >= 4 is 11.9 Å². The summed E-state index contributed by atoms with van der Waals surface area (Å²) in [5.74, 6) is -0.309. The van der Waals surface area contributed by atoms with E-state index in [2.05, 4.69) is 18.2 Å². The van der Waals surface area contributed by atoms with Crippen LogP contribution in [0.3, 0.4) is 0 Å². The highest BCUT2D eigenvalue weighted by molar-refractivity contribution is 5.77. The molecular weight excluding hydrogens is 304 g/mol. The first-order valence-electron chi connectivity index (χ1n) is 9.01. The van der Waals surface area contributed by atoms with E-state index < -0.39 is 5.41 Å². The smallest absolute Gasteiger partial charge is 0.312 e. The lowest BCUT2D eigenvalue weighted by Crippen LogP contribution is -2.35. The Hall–Kier alpha value is -1.84. The normalized spacial score (nSPS) is 19.9. The highest BCUT2D eigenvalue weighted by Gasteiger charge is 2.40. The van der Waals surface area contributed by atoms with Crippen LogP contribution in [0.2, 0.25) is 0 Å². The molecule has 1 aromatic carbocycles. The van der Waals surface area contributed by atoms with Gasteiger partial charge in [-0.1, -0.05) is 24.3 Å². The Morgan fingerprint density at radius 2 is 1.79 bits per heavy atom. The summed E-state index contributed by atoms with van der Waals surface area (Å²) >= 11 is 0. The van der Waals surface area contributed by atoms with Crippen LogP contribution in [0.4, 0.5) is 0 Å². The van der Waals surface area contributed by atoms with Crippen molar-refractivity contribution in [1.29, 1.82) is 0 Å². The topological polar surface area (TPSA) is 52.6 Å². The number of rotatable bonds is 7. The van der Waals surface area contributed by atoms with Crippen molar-refractivity contribution < 1.29 is 19.1 Å². The quantitative estimate of drug-likeness (QED) is 0.562. The van der Waals surface area contributed by atoms with Crippen molar-refractivity contribution in [2.24, 2.45) is 5.41 Å². The Kier molecular flexibility index (Phi) is 6.83. The van der Waals surface area contributed by atoms with Crippen LogP contribution in [-0.2, 0) is 31.9 Å². The second kappa shape index (κ2) is 8.86. The fourth-order valence-corrected chi connectivity index (χ4v) is 3.62. The Morgan fingerprint density at radius 1 is 1.08 bits per heavy atom. The highest BCUT2D eigenvalue weighted by Crippen LogP contribution is 2.40. The number of esters is 2. The minimum absolute atomic E-state index is 0.120. The fourth-order valence-electron chi connectivity index (χ4n) is 3.62. The largest absolute Gasteiger partial charge is 0.466 e. The average molecular weight is 332 g/mol. The van der Waals surface area contributed by atoms with Crippen molar-refractivity contribution in [3.05, 3.63) is 35.4 Å². The van der Waals surface area contributed by atoms with Gasteiger partial charge in [0.15, 0.2) is 0 Å². The van der Waals surface area contributed by atoms with Crippen molar-refractivity contribution in [2.75, 3.05) is 13.2 Å². The molecule has 0 aliphatic heterocycles. The van der Waals surface area contributed by atoms with Gasteiger partial charge in [-0.25, -0.2) is 0 Å². The molecule has 1 unspecified atom stereocenters. The van der Waals surface area contributed by atoms with Crippen LogP contribution in [0.5, 0.6) is 0 Å². The van der Waals surface area contributed by atoms with Crippen LogP contribution in [0.25, 0.3) is 0 Å². The molecule has 1 aliphatic rings. The number of ether oxygens (including phenoxy) is 2. The van der Waals surface area contributed by atoms with Gasteiger partial charge in [0, 0.05) is 6.42 Å². The molecule has 4 heteroatoms. The van der Waals surface area contributed by atoms with Gasteiger partial charge in [-0.3, -0.25) is 9.59 Å². The van der Waals surface area contributed by atoms with Gasteiger partial charge in [-0.15, -0.1) is 0 Å². The maximum absolute atomic E-state index is 12.7. The molecule has 2 rings (SSSR count). The van der Waals surface area contributed by atoms with Crippen LogP contribution >= 0.6 is 0 Å². The van der Waals surface area contributed by atoms with E-state index in [0.29, 0.717) is 38.9 Å². The predicted octanol–water partition coefficient (Wildman–Crippen LogP) is 3.85. The maximum atomic E-state index is 12.7. The van der Waals surface area contributed by atoms with Gasteiger partial charge >= 0.3 is 11.9 Å². The first-order chi connectivity index (χ1) is 11.6. The lowest BCUT2D eigenvalue weighted by atomic mass is 9.75. The number of benzene rings is 1. The molecule has 1 aromatic rings. The highest BCUT2D eigenvalue weighted by atomic mass is 16.5. The number of carbonyl (C=O) groups is 2. The molecule has 0 radical (unpaired) electrons. The first-order valence-corrected chi connectivity index (χ1v) is 9.01. The first kappa shape index (κ1) is 18.5. The standard InChI is InChI=1S/C20H28O4/c1-3-23-18(21)12-8-14-20(19(22)24-4-2)13-7-11-16-9-5-6-10-17(16)15-20/h5-6,9-10H,3-4,7-8,11-15H2,1-2H3. The third-order valence-electron chi connectivity index (χ3n) is 4.80. The van der Waals surface area contributed by atoms with E-state index in [9.17, 15) is 9.59 Å². The monoisotopic (exact) mass is 332 g/mol. The number of hydrogen-bond acceptors (Lipinski definition) is 4. The van der Waals surface area contributed by atoms with E-state index in [4.69, 9.17) is 9.47 Å². The number of fused-ring (bicyclic) bond motifs is 1. The van der Waals surface area contributed by atoms with Crippen LogP contribution < -0.4 is 0 Å². The van der Waals surface area contributed by atoms with Crippen molar-refractivity contribution in [2.45, 2.75) is 58.8 Å². The minimum atomic E-state index is -0.519. The summed E-state index contributed by atoms with van der Waals surface area (Å²) in [7, 11) is 0. The summed E-state index contributed by atoms with van der Waals surface area (Å²) in [6.45, 7) is 4.43. The molecule has 0 bridgehead atoms. The predicted molar refractivity (Wildman–Crippen MR) is 92.6 cm³/mol. The molecule has 0 aromatic heterocycles. The molecule has 1 aliphatic carbocycles. The molecule has 0 spiro atoms. The van der Waals surface area contributed by atoms with Crippen LogP contribution in [0, 0.1) is 5.41 Å². The summed E-state index contributed by atoms with van der Waals surface area (Å²) in [6.07, 6.45) is 5.15. The molecular formula is C20H28O4. The summed E-state index contributed by atoms with van der Waals surface area (Å²) < 4.78 is 10.4. The molecule has 24 heavy (non-hydrogen) atoms. The van der Waals surface area contributed by atoms with Gasteiger partial charge in [0.05, 0.1) is 18.6 Å². The molecule has 0 heterocycles. The molecule has 0 amide bonds. The summed E-state index contributed by atoms with van der Waals surface area (Å²) in [6, 6.07) is 8.34. The minimum Gasteiger partial charge on any atom is -0.466 e. The third-order valence-corrected chi connectivity index (χ3v) is 4.80. The number of carbonyl (C=O) groups excluding carboxylic acids is 2. The van der Waals surface area contributed by atoms with E-state index in [1.54, 1.807) is 6.92 Å².